The van der Waals surface area contributed by atoms with Crippen molar-refractivity contribution in [2.24, 2.45) is 5.73 Å². The van der Waals surface area contributed by atoms with Gasteiger partial charge in [-0.1, -0.05) is 12.1 Å². The summed E-state index contributed by atoms with van der Waals surface area (Å²) in [6, 6.07) is 8.08. The number of amides is 2. The maximum absolute atomic E-state index is 13.4. The lowest BCUT2D eigenvalue weighted by Gasteiger charge is -2.09. The number of anilines is 2. The molecule has 2 rings (SSSR count). The van der Waals surface area contributed by atoms with Crippen LogP contribution in [0.25, 0.3) is 0 Å². The Kier molecular flexibility index (Phi) is 4.80. The van der Waals surface area contributed by atoms with E-state index in [-0.39, 0.29) is 18.0 Å². The molecule has 0 aromatic heterocycles. The van der Waals surface area contributed by atoms with Gasteiger partial charge in [0.05, 0.1) is 12.2 Å². The molecule has 5 nitrogen and oxygen atoms in total. The Hall–Kier alpha value is -2.80. The first-order valence-electron chi connectivity index (χ1n) is 6.36. The van der Waals surface area contributed by atoms with Gasteiger partial charge in [-0.05, 0) is 24.3 Å². The zero-order valence-corrected chi connectivity index (χ0v) is 11.4. The van der Waals surface area contributed by atoms with E-state index >= 15 is 0 Å². The van der Waals surface area contributed by atoms with Crippen LogP contribution in [0.1, 0.15) is 10.4 Å². The Morgan fingerprint density at radius 2 is 1.82 bits per heavy atom. The number of Topliss-reactive ketones (excluding diaryl/α,β-unsaturated/α-hetero) is 1. The van der Waals surface area contributed by atoms with Crippen molar-refractivity contribution in [3.05, 3.63) is 59.7 Å². The lowest BCUT2D eigenvalue weighted by molar-refractivity contribution is 0.100. The Labute approximate surface area is 125 Å². The van der Waals surface area contributed by atoms with Gasteiger partial charge in [-0.15, -0.1) is 0 Å². The number of hydrogen-bond acceptors (Lipinski definition) is 3. The minimum absolute atomic E-state index is 0.149. The van der Waals surface area contributed by atoms with Crippen molar-refractivity contribution in [1.29, 1.82) is 0 Å². The molecule has 0 atom stereocenters. The van der Waals surface area contributed by atoms with E-state index in [2.05, 4.69) is 10.6 Å². The topological polar surface area (TPSA) is 84.2 Å². The van der Waals surface area contributed by atoms with E-state index in [4.69, 9.17) is 5.73 Å². The SMILES string of the molecule is NCC(=O)c1cccc(NC(=O)Nc2cc(F)ccc2F)c1. The summed E-state index contributed by atoms with van der Waals surface area (Å²) in [6.07, 6.45) is 0. The normalized spacial score (nSPS) is 10.1. The smallest absolute Gasteiger partial charge is 0.323 e. The number of carbonyl (C=O) groups is 2. The summed E-state index contributed by atoms with van der Waals surface area (Å²) in [5.74, 6) is -1.71. The van der Waals surface area contributed by atoms with Crippen LogP contribution in [0, 0.1) is 11.6 Å². The second-order valence-corrected chi connectivity index (χ2v) is 4.41. The zero-order valence-electron chi connectivity index (χ0n) is 11.4. The third kappa shape index (κ3) is 3.86. The first-order chi connectivity index (χ1) is 10.5. The molecule has 114 valence electrons. The fraction of sp³-hybridized carbons (Fsp3) is 0.0667. The Bertz CT molecular complexity index is 720. The molecule has 22 heavy (non-hydrogen) atoms. The van der Waals surface area contributed by atoms with E-state index in [1.54, 1.807) is 18.2 Å². The second-order valence-electron chi connectivity index (χ2n) is 4.41. The van der Waals surface area contributed by atoms with Gasteiger partial charge in [0, 0.05) is 17.3 Å². The summed E-state index contributed by atoms with van der Waals surface area (Å²) >= 11 is 0. The number of nitrogens with two attached hydrogens (primary N) is 1. The molecule has 0 aliphatic heterocycles. The summed E-state index contributed by atoms with van der Waals surface area (Å²) < 4.78 is 26.4. The quantitative estimate of drug-likeness (QED) is 0.759. The van der Waals surface area contributed by atoms with Gasteiger partial charge in [0.15, 0.2) is 5.78 Å². The number of benzene rings is 2. The maximum Gasteiger partial charge on any atom is 0.323 e. The van der Waals surface area contributed by atoms with Gasteiger partial charge in [-0.25, -0.2) is 13.6 Å². The standard InChI is InChI=1S/C15H13F2N3O2/c16-10-4-5-12(17)13(7-10)20-15(22)19-11-3-1-2-9(6-11)14(21)8-18/h1-7H,8,18H2,(H2,19,20,22). The molecule has 0 aliphatic rings. The number of carbonyl (C=O) groups excluding carboxylic acids is 2. The predicted molar refractivity (Wildman–Crippen MR) is 78.8 cm³/mol. The largest absolute Gasteiger partial charge is 0.324 e. The summed E-state index contributed by atoms with van der Waals surface area (Å²) in [4.78, 5) is 23.3. The van der Waals surface area contributed by atoms with Crippen LogP contribution in [0.15, 0.2) is 42.5 Å². The van der Waals surface area contributed by atoms with Crippen molar-refractivity contribution in [3.8, 4) is 0 Å². The first-order valence-corrected chi connectivity index (χ1v) is 6.36. The molecule has 0 heterocycles. The zero-order chi connectivity index (χ0) is 16.1. The summed E-state index contributed by atoms with van der Waals surface area (Å²) in [5.41, 5.74) is 5.65. The van der Waals surface area contributed by atoms with Crippen molar-refractivity contribution in [3.63, 3.8) is 0 Å². The van der Waals surface area contributed by atoms with E-state index in [0.29, 0.717) is 11.3 Å². The average molecular weight is 305 g/mol. The third-order valence-corrected chi connectivity index (χ3v) is 2.80. The van der Waals surface area contributed by atoms with Gasteiger partial charge >= 0.3 is 6.03 Å². The second kappa shape index (κ2) is 6.77. The predicted octanol–water partition coefficient (Wildman–Crippen LogP) is 2.75. The molecule has 4 N–H and O–H groups in total. The highest BCUT2D eigenvalue weighted by Gasteiger charge is 2.09. The average Bonchev–Trinajstić information content (AvgIpc) is 2.50. The van der Waals surface area contributed by atoms with Crippen LogP contribution in [-0.4, -0.2) is 18.4 Å². The Morgan fingerprint density at radius 3 is 2.55 bits per heavy atom. The van der Waals surface area contributed by atoms with Gasteiger partial charge in [0.1, 0.15) is 11.6 Å². The molecule has 0 unspecified atom stereocenters. The van der Waals surface area contributed by atoms with E-state index < -0.39 is 17.7 Å². The highest BCUT2D eigenvalue weighted by atomic mass is 19.1. The molecule has 0 aliphatic carbocycles. The van der Waals surface area contributed by atoms with E-state index in [1.165, 1.54) is 6.07 Å². The molecule has 0 saturated heterocycles. The van der Waals surface area contributed by atoms with Crippen molar-refractivity contribution in [2.45, 2.75) is 0 Å². The Balaban J connectivity index is 2.09. The minimum Gasteiger partial charge on any atom is -0.324 e. The molecule has 0 bridgehead atoms. The van der Waals surface area contributed by atoms with E-state index in [0.717, 1.165) is 18.2 Å². The molecule has 0 fully saturated rings. The molecule has 0 radical (unpaired) electrons. The number of ketones is 1. The van der Waals surface area contributed by atoms with Crippen LogP contribution in [0.2, 0.25) is 0 Å². The van der Waals surface area contributed by atoms with Gasteiger partial charge in [0.25, 0.3) is 0 Å². The first kappa shape index (κ1) is 15.6. The molecule has 2 aromatic carbocycles. The molecule has 2 aromatic rings. The Morgan fingerprint density at radius 1 is 1.05 bits per heavy atom. The van der Waals surface area contributed by atoms with Crippen LogP contribution < -0.4 is 16.4 Å². The number of rotatable bonds is 4. The molecule has 0 spiro atoms. The maximum atomic E-state index is 13.4. The van der Waals surface area contributed by atoms with Gasteiger partial charge < -0.3 is 16.4 Å². The lowest BCUT2D eigenvalue weighted by atomic mass is 10.1. The summed E-state index contributed by atoms with van der Waals surface area (Å²) in [6.45, 7) is -0.149. The fourth-order valence-electron chi connectivity index (χ4n) is 1.77. The highest BCUT2D eigenvalue weighted by molar-refractivity contribution is 6.02. The van der Waals surface area contributed by atoms with Gasteiger partial charge in [-0.2, -0.15) is 0 Å². The van der Waals surface area contributed by atoms with Crippen LogP contribution in [0.5, 0.6) is 0 Å². The summed E-state index contributed by atoms with van der Waals surface area (Å²) in [5, 5.41) is 4.61. The van der Waals surface area contributed by atoms with Crippen molar-refractivity contribution in [2.75, 3.05) is 17.2 Å². The number of halogens is 2. The third-order valence-electron chi connectivity index (χ3n) is 2.80. The molecule has 2 amide bonds. The van der Waals surface area contributed by atoms with Gasteiger partial charge in [0.2, 0.25) is 0 Å². The monoisotopic (exact) mass is 305 g/mol. The highest BCUT2D eigenvalue weighted by Crippen LogP contribution is 2.16. The van der Waals surface area contributed by atoms with Crippen LogP contribution in [0.4, 0.5) is 25.0 Å². The molecular weight excluding hydrogens is 292 g/mol. The van der Waals surface area contributed by atoms with Crippen LogP contribution in [0.3, 0.4) is 0 Å². The van der Waals surface area contributed by atoms with Crippen molar-refractivity contribution in [1.82, 2.24) is 0 Å². The van der Waals surface area contributed by atoms with Gasteiger partial charge in [-0.3, -0.25) is 4.79 Å². The lowest BCUT2D eigenvalue weighted by Crippen LogP contribution is -2.20. The number of hydrogen-bond donors (Lipinski definition) is 3. The fourth-order valence-corrected chi connectivity index (χ4v) is 1.77. The molecule has 7 heteroatoms. The minimum atomic E-state index is -0.762. The number of nitrogens with one attached hydrogen (secondary N) is 2. The molecule has 0 saturated carbocycles. The van der Waals surface area contributed by atoms with E-state index in [9.17, 15) is 18.4 Å². The van der Waals surface area contributed by atoms with E-state index in [1.807, 2.05) is 0 Å². The molecular formula is C15H13F2N3O2. The number of urea groups is 1. The van der Waals surface area contributed by atoms with Crippen LogP contribution >= 0.6 is 0 Å². The van der Waals surface area contributed by atoms with Crippen molar-refractivity contribution < 1.29 is 18.4 Å². The van der Waals surface area contributed by atoms with Crippen molar-refractivity contribution >= 4 is 23.2 Å². The summed E-state index contributed by atoms with van der Waals surface area (Å²) in [7, 11) is 0. The van der Waals surface area contributed by atoms with Crippen LogP contribution in [-0.2, 0) is 0 Å².